The second kappa shape index (κ2) is 8.87. The highest BCUT2D eigenvalue weighted by Gasteiger charge is 2.22. The van der Waals surface area contributed by atoms with Crippen molar-refractivity contribution in [1.82, 2.24) is 9.80 Å². The summed E-state index contributed by atoms with van der Waals surface area (Å²) in [6, 6.07) is 0.543. The molecule has 2 aliphatic rings. The van der Waals surface area contributed by atoms with E-state index in [1.165, 1.54) is 19.4 Å². The molecule has 1 N–H and O–H groups in total. The minimum atomic E-state index is 0.290. The zero-order chi connectivity index (χ0) is 13.3. The average Bonchev–Trinajstić information content (AvgIpc) is 2.47. The minimum Gasteiger partial charge on any atom is -0.396 e. The first-order valence-corrected chi connectivity index (χ1v) is 7.63. The fraction of sp³-hybridized carbons (Fsp3) is 1.00. The third-order valence-electron chi connectivity index (χ3n) is 4.07. The average molecular weight is 272 g/mol. The molecular formula is C14H28N2O3. The van der Waals surface area contributed by atoms with E-state index in [2.05, 4.69) is 9.80 Å². The molecule has 5 nitrogen and oxygen atoms in total. The maximum absolute atomic E-state index is 8.95. The van der Waals surface area contributed by atoms with E-state index in [9.17, 15) is 0 Å². The maximum Gasteiger partial charge on any atom is 0.0622 e. The first-order valence-electron chi connectivity index (χ1n) is 7.63. The summed E-state index contributed by atoms with van der Waals surface area (Å²) in [5.41, 5.74) is 0. The van der Waals surface area contributed by atoms with Gasteiger partial charge in [-0.2, -0.15) is 0 Å². The summed E-state index contributed by atoms with van der Waals surface area (Å²) in [6.45, 7) is 9.10. The molecule has 112 valence electrons. The van der Waals surface area contributed by atoms with Crippen LogP contribution in [0.4, 0.5) is 0 Å². The summed E-state index contributed by atoms with van der Waals surface area (Å²) in [5.74, 6) is 0. The number of ether oxygens (including phenoxy) is 2. The quantitative estimate of drug-likeness (QED) is 0.716. The second-order valence-electron chi connectivity index (χ2n) is 5.44. The van der Waals surface area contributed by atoms with Crippen LogP contribution in [0.3, 0.4) is 0 Å². The Labute approximate surface area is 116 Å². The van der Waals surface area contributed by atoms with E-state index < -0.39 is 0 Å². The lowest BCUT2D eigenvalue weighted by molar-refractivity contribution is -0.0153. The van der Waals surface area contributed by atoms with Crippen LogP contribution in [-0.4, -0.2) is 86.7 Å². The number of aliphatic hydroxyl groups is 1. The van der Waals surface area contributed by atoms with Crippen molar-refractivity contribution in [1.29, 1.82) is 0 Å². The van der Waals surface area contributed by atoms with Crippen molar-refractivity contribution >= 4 is 0 Å². The summed E-state index contributed by atoms with van der Waals surface area (Å²) >= 11 is 0. The van der Waals surface area contributed by atoms with Crippen molar-refractivity contribution in [3.8, 4) is 0 Å². The molecule has 2 fully saturated rings. The summed E-state index contributed by atoms with van der Waals surface area (Å²) < 4.78 is 11.0. The molecule has 0 aromatic heterocycles. The number of nitrogens with zero attached hydrogens (tertiary/aromatic N) is 2. The molecule has 0 radical (unpaired) electrons. The van der Waals surface area contributed by atoms with Gasteiger partial charge in [-0.3, -0.25) is 9.80 Å². The van der Waals surface area contributed by atoms with Crippen LogP contribution in [-0.2, 0) is 9.47 Å². The van der Waals surface area contributed by atoms with Crippen LogP contribution in [0.5, 0.6) is 0 Å². The van der Waals surface area contributed by atoms with Gasteiger partial charge in [0.1, 0.15) is 0 Å². The second-order valence-corrected chi connectivity index (χ2v) is 5.44. The third-order valence-corrected chi connectivity index (χ3v) is 4.07. The van der Waals surface area contributed by atoms with Gasteiger partial charge in [0.25, 0.3) is 0 Å². The normalized spacial score (nSPS) is 26.7. The fourth-order valence-electron chi connectivity index (χ4n) is 2.90. The SMILES string of the molecule is OCCCN1CCOCC1CCCN1CCOCC1. The van der Waals surface area contributed by atoms with Gasteiger partial charge in [0.05, 0.1) is 26.4 Å². The molecule has 0 spiro atoms. The Morgan fingerprint density at radius 2 is 1.74 bits per heavy atom. The standard InChI is InChI=1S/C14H28N2O3/c17-9-2-5-16-8-12-19-13-14(16)3-1-4-15-6-10-18-11-7-15/h14,17H,1-13H2. The van der Waals surface area contributed by atoms with Gasteiger partial charge in [0.2, 0.25) is 0 Å². The predicted octanol–water partition coefficient (Wildman–Crippen LogP) is 0.182. The Kier molecular flexibility index (Phi) is 7.09. The van der Waals surface area contributed by atoms with Gasteiger partial charge < -0.3 is 14.6 Å². The van der Waals surface area contributed by atoms with E-state index in [1.54, 1.807) is 0 Å². The number of hydrogen-bond donors (Lipinski definition) is 1. The van der Waals surface area contributed by atoms with Gasteiger partial charge in [0.15, 0.2) is 0 Å². The molecule has 2 aliphatic heterocycles. The fourth-order valence-corrected chi connectivity index (χ4v) is 2.90. The topological polar surface area (TPSA) is 45.2 Å². The lowest BCUT2D eigenvalue weighted by atomic mass is 10.1. The predicted molar refractivity (Wildman–Crippen MR) is 74.4 cm³/mol. The molecule has 2 rings (SSSR count). The Morgan fingerprint density at radius 1 is 0.947 bits per heavy atom. The van der Waals surface area contributed by atoms with Crippen LogP contribution in [0.25, 0.3) is 0 Å². The Morgan fingerprint density at radius 3 is 2.53 bits per heavy atom. The van der Waals surface area contributed by atoms with Crippen LogP contribution in [0.2, 0.25) is 0 Å². The Balaban J connectivity index is 1.64. The molecule has 1 atom stereocenters. The van der Waals surface area contributed by atoms with E-state index in [-0.39, 0.29) is 6.61 Å². The summed E-state index contributed by atoms with van der Waals surface area (Å²) in [4.78, 5) is 4.98. The minimum absolute atomic E-state index is 0.290. The third kappa shape index (κ3) is 5.36. The van der Waals surface area contributed by atoms with Crippen molar-refractivity contribution in [3.63, 3.8) is 0 Å². The van der Waals surface area contributed by atoms with E-state index in [4.69, 9.17) is 14.6 Å². The maximum atomic E-state index is 8.95. The van der Waals surface area contributed by atoms with E-state index in [1.807, 2.05) is 0 Å². The van der Waals surface area contributed by atoms with Crippen LogP contribution in [0.1, 0.15) is 19.3 Å². The molecule has 5 heteroatoms. The summed E-state index contributed by atoms with van der Waals surface area (Å²) in [5, 5.41) is 8.95. The van der Waals surface area contributed by atoms with Crippen molar-refractivity contribution in [2.24, 2.45) is 0 Å². The van der Waals surface area contributed by atoms with Gasteiger partial charge >= 0.3 is 0 Å². The monoisotopic (exact) mass is 272 g/mol. The van der Waals surface area contributed by atoms with Crippen LogP contribution in [0, 0.1) is 0 Å². The highest BCUT2D eigenvalue weighted by molar-refractivity contribution is 4.76. The van der Waals surface area contributed by atoms with Crippen LogP contribution >= 0.6 is 0 Å². The molecule has 19 heavy (non-hydrogen) atoms. The molecule has 0 aromatic carbocycles. The summed E-state index contributed by atoms with van der Waals surface area (Å²) in [7, 11) is 0. The van der Waals surface area contributed by atoms with Crippen molar-refractivity contribution in [3.05, 3.63) is 0 Å². The molecule has 0 bridgehead atoms. The lowest BCUT2D eigenvalue weighted by Gasteiger charge is -2.36. The zero-order valence-corrected chi connectivity index (χ0v) is 11.9. The van der Waals surface area contributed by atoms with Gasteiger partial charge in [-0.25, -0.2) is 0 Å². The molecule has 0 amide bonds. The van der Waals surface area contributed by atoms with Gasteiger partial charge in [-0.1, -0.05) is 0 Å². The molecule has 2 heterocycles. The Hall–Kier alpha value is -0.200. The molecular weight excluding hydrogens is 244 g/mol. The zero-order valence-electron chi connectivity index (χ0n) is 11.9. The first-order chi connectivity index (χ1) is 9.40. The van der Waals surface area contributed by atoms with Gasteiger partial charge in [-0.15, -0.1) is 0 Å². The van der Waals surface area contributed by atoms with Crippen molar-refractivity contribution in [2.45, 2.75) is 25.3 Å². The lowest BCUT2D eigenvalue weighted by Crippen LogP contribution is -2.46. The van der Waals surface area contributed by atoms with Crippen molar-refractivity contribution in [2.75, 3.05) is 65.8 Å². The molecule has 0 saturated carbocycles. The largest absolute Gasteiger partial charge is 0.396 e. The number of morpholine rings is 2. The van der Waals surface area contributed by atoms with E-state index in [0.717, 1.165) is 59.0 Å². The molecule has 0 aliphatic carbocycles. The number of aliphatic hydroxyl groups excluding tert-OH is 1. The van der Waals surface area contributed by atoms with Gasteiger partial charge in [0, 0.05) is 38.8 Å². The van der Waals surface area contributed by atoms with Crippen LogP contribution in [0.15, 0.2) is 0 Å². The Bertz CT molecular complexity index is 235. The summed E-state index contributed by atoms with van der Waals surface area (Å²) in [6.07, 6.45) is 3.30. The molecule has 2 saturated heterocycles. The van der Waals surface area contributed by atoms with E-state index in [0.29, 0.717) is 6.04 Å². The highest BCUT2D eigenvalue weighted by Crippen LogP contribution is 2.13. The van der Waals surface area contributed by atoms with Gasteiger partial charge in [-0.05, 0) is 25.8 Å². The smallest absolute Gasteiger partial charge is 0.0622 e. The molecule has 1 unspecified atom stereocenters. The molecule has 0 aromatic rings. The number of hydrogen-bond acceptors (Lipinski definition) is 5. The van der Waals surface area contributed by atoms with E-state index >= 15 is 0 Å². The number of rotatable bonds is 7. The van der Waals surface area contributed by atoms with Crippen molar-refractivity contribution < 1.29 is 14.6 Å². The highest BCUT2D eigenvalue weighted by atomic mass is 16.5. The van der Waals surface area contributed by atoms with Crippen LogP contribution < -0.4 is 0 Å². The first kappa shape index (κ1) is 15.2.